The molecule has 1 aliphatic rings. The van der Waals surface area contributed by atoms with Gasteiger partial charge in [0.1, 0.15) is 5.75 Å². The second-order valence-corrected chi connectivity index (χ2v) is 11.4. The molecule has 0 aromatic heterocycles. The number of hydrogen-bond donors (Lipinski definition) is 3. The second-order valence-electron chi connectivity index (χ2n) is 11.4. The molecule has 1 aliphatic carbocycles. The van der Waals surface area contributed by atoms with E-state index < -0.39 is 5.60 Å². The molecule has 0 unspecified atom stereocenters. The predicted octanol–water partition coefficient (Wildman–Crippen LogP) is 9.24. The van der Waals surface area contributed by atoms with Crippen LogP contribution in [0.4, 0.5) is 11.4 Å². The highest BCUT2D eigenvalue weighted by atomic mass is 16.5. The van der Waals surface area contributed by atoms with Crippen molar-refractivity contribution in [2.45, 2.75) is 11.5 Å². The van der Waals surface area contributed by atoms with Gasteiger partial charge in [0.2, 0.25) is 0 Å². The Kier molecular flexibility index (Phi) is 7.84. The van der Waals surface area contributed by atoms with Crippen molar-refractivity contribution in [1.29, 1.82) is 0 Å². The van der Waals surface area contributed by atoms with Gasteiger partial charge in [-0.25, -0.2) is 0 Å². The van der Waals surface area contributed by atoms with Crippen LogP contribution in [-0.4, -0.2) is 0 Å². The van der Waals surface area contributed by atoms with Crippen molar-refractivity contribution in [3.05, 3.63) is 210 Å². The zero-order chi connectivity index (χ0) is 31.3. The lowest BCUT2D eigenvalue weighted by Gasteiger charge is -2.46. The number of ether oxygens (including phenoxy) is 1. The largest absolute Gasteiger partial charge is 0.473 e. The Bertz CT molecular complexity index is 1920. The summed E-state index contributed by atoms with van der Waals surface area (Å²) in [7, 11) is 0. The van der Waals surface area contributed by atoms with Crippen molar-refractivity contribution >= 4 is 22.5 Å². The lowest BCUT2D eigenvalue weighted by molar-refractivity contribution is 0.190. The van der Waals surface area contributed by atoms with E-state index in [1.54, 1.807) is 0 Å². The smallest absolute Gasteiger partial charge is 0.189 e. The SMILES string of the molecule is NC1=C(c2ccccc2)C(Oc2cccc(Nc3ccccc3)c2)(c2ccccc2)C(c2ccccc2)=C(N)C1c1ccccc1. The second kappa shape index (κ2) is 12.5. The fourth-order valence-corrected chi connectivity index (χ4v) is 6.57. The molecule has 0 saturated heterocycles. The van der Waals surface area contributed by atoms with Gasteiger partial charge in [-0.15, -0.1) is 0 Å². The third-order valence-electron chi connectivity index (χ3n) is 8.51. The molecule has 0 spiro atoms. The maximum atomic E-state index is 7.45. The summed E-state index contributed by atoms with van der Waals surface area (Å²) >= 11 is 0. The Labute approximate surface area is 270 Å². The molecule has 0 saturated carbocycles. The van der Waals surface area contributed by atoms with Crippen LogP contribution in [0.2, 0.25) is 0 Å². The van der Waals surface area contributed by atoms with Crippen molar-refractivity contribution in [3.8, 4) is 5.75 Å². The molecule has 0 bridgehead atoms. The third-order valence-corrected chi connectivity index (χ3v) is 8.51. The highest BCUT2D eigenvalue weighted by molar-refractivity contribution is 5.97. The minimum atomic E-state index is -1.20. The highest BCUT2D eigenvalue weighted by Gasteiger charge is 2.51. The predicted molar refractivity (Wildman–Crippen MR) is 189 cm³/mol. The fourth-order valence-electron chi connectivity index (χ4n) is 6.57. The van der Waals surface area contributed by atoms with Gasteiger partial charge in [-0.1, -0.05) is 146 Å². The standard InChI is InChI=1S/C42H35N3O/c43-40-37(30-17-6-1-7-18-30)41(44)39(32-21-10-3-11-22-32)42(33-23-12-4-13-24-33,38(40)31-19-8-2-9-20-31)46-36-28-16-27-35(29-36)45-34-25-14-5-15-26-34/h1-29,37,45H,43-44H2. The summed E-state index contributed by atoms with van der Waals surface area (Å²) in [6.45, 7) is 0. The van der Waals surface area contributed by atoms with Crippen LogP contribution in [0.5, 0.6) is 5.75 Å². The molecule has 0 heterocycles. The Morgan fingerprint density at radius 3 is 1.48 bits per heavy atom. The van der Waals surface area contributed by atoms with Gasteiger partial charge >= 0.3 is 0 Å². The van der Waals surface area contributed by atoms with Gasteiger partial charge in [-0.2, -0.15) is 0 Å². The fraction of sp³-hybridized carbons (Fsp3) is 0.0476. The topological polar surface area (TPSA) is 73.3 Å². The van der Waals surface area contributed by atoms with Crippen LogP contribution in [-0.2, 0) is 5.60 Å². The van der Waals surface area contributed by atoms with E-state index in [0.717, 1.165) is 44.8 Å². The van der Waals surface area contributed by atoms with E-state index in [2.05, 4.69) is 53.8 Å². The monoisotopic (exact) mass is 597 g/mol. The lowest BCUT2D eigenvalue weighted by atomic mass is 9.66. The number of para-hydroxylation sites is 1. The number of benzene rings is 6. The molecular formula is C42H35N3O. The van der Waals surface area contributed by atoms with E-state index in [-0.39, 0.29) is 5.92 Å². The maximum absolute atomic E-state index is 7.45. The number of anilines is 2. The van der Waals surface area contributed by atoms with E-state index in [1.807, 2.05) is 127 Å². The Hall–Kier alpha value is -6.00. The van der Waals surface area contributed by atoms with Gasteiger partial charge in [0.25, 0.3) is 0 Å². The average Bonchev–Trinajstić information content (AvgIpc) is 3.10. The highest BCUT2D eigenvalue weighted by Crippen LogP contribution is 2.57. The molecule has 0 atom stereocenters. The molecular weight excluding hydrogens is 562 g/mol. The van der Waals surface area contributed by atoms with Gasteiger partial charge in [-0.05, 0) is 41.0 Å². The molecule has 5 N–H and O–H groups in total. The summed E-state index contributed by atoms with van der Waals surface area (Å²) < 4.78 is 7.45. The minimum Gasteiger partial charge on any atom is -0.473 e. The third kappa shape index (κ3) is 5.31. The first kappa shape index (κ1) is 28.8. The lowest BCUT2D eigenvalue weighted by Crippen LogP contribution is -2.44. The van der Waals surface area contributed by atoms with Crippen LogP contribution in [0.3, 0.4) is 0 Å². The first-order valence-electron chi connectivity index (χ1n) is 15.5. The molecule has 46 heavy (non-hydrogen) atoms. The van der Waals surface area contributed by atoms with Crippen LogP contribution in [0.15, 0.2) is 187 Å². The van der Waals surface area contributed by atoms with Gasteiger partial charge in [-0.3, -0.25) is 0 Å². The maximum Gasteiger partial charge on any atom is 0.189 e. The van der Waals surface area contributed by atoms with E-state index in [9.17, 15) is 0 Å². The summed E-state index contributed by atoms with van der Waals surface area (Å²) in [4.78, 5) is 0. The summed E-state index contributed by atoms with van der Waals surface area (Å²) in [5, 5.41) is 3.51. The molecule has 6 aromatic rings. The number of nitrogens with two attached hydrogens (primary N) is 2. The van der Waals surface area contributed by atoms with E-state index in [4.69, 9.17) is 16.2 Å². The van der Waals surface area contributed by atoms with E-state index in [0.29, 0.717) is 17.1 Å². The summed E-state index contributed by atoms with van der Waals surface area (Å²) in [6.07, 6.45) is 0. The molecule has 224 valence electrons. The number of nitrogens with one attached hydrogen (secondary N) is 1. The number of rotatable bonds is 8. The molecule has 4 nitrogen and oxygen atoms in total. The Morgan fingerprint density at radius 1 is 0.478 bits per heavy atom. The van der Waals surface area contributed by atoms with Crippen molar-refractivity contribution in [2.24, 2.45) is 11.5 Å². The summed E-state index contributed by atoms with van der Waals surface area (Å²) in [5.41, 5.74) is 22.4. The molecule has 0 amide bonds. The van der Waals surface area contributed by atoms with Gasteiger partial charge in [0, 0.05) is 45.5 Å². The van der Waals surface area contributed by atoms with Crippen molar-refractivity contribution in [3.63, 3.8) is 0 Å². The van der Waals surface area contributed by atoms with Gasteiger partial charge < -0.3 is 21.5 Å². The van der Waals surface area contributed by atoms with Crippen LogP contribution in [0.1, 0.15) is 28.2 Å². The van der Waals surface area contributed by atoms with Crippen molar-refractivity contribution in [1.82, 2.24) is 0 Å². The molecule has 0 aliphatic heterocycles. The summed E-state index contributed by atoms with van der Waals surface area (Å²) in [5.74, 6) is 0.309. The van der Waals surface area contributed by atoms with Crippen LogP contribution in [0.25, 0.3) is 11.1 Å². The van der Waals surface area contributed by atoms with Crippen molar-refractivity contribution < 1.29 is 4.74 Å². The first-order chi connectivity index (χ1) is 22.6. The average molecular weight is 598 g/mol. The molecule has 7 rings (SSSR count). The van der Waals surface area contributed by atoms with Crippen LogP contribution in [0, 0.1) is 0 Å². The zero-order valence-electron chi connectivity index (χ0n) is 25.4. The van der Waals surface area contributed by atoms with Crippen LogP contribution < -0.4 is 21.5 Å². The zero-order valence-corrected chi connectivity index (χ0v) is 25.4. The van der Waals surface area contributed by atoms with E-state index in [1.165, 1.54) is 0 Å². The normalized spacial score (nSPS) is 17.9. The molecule has 0 radical (unpaired) electrons. The Balaban J connectivity index is 1.53. The van der Waals surface area contributed by atoms with Crippen LogP contribution >= 0.6 is 0 Å². The van der Waals surface area contributed by atoms with Crippen molar-refractivity contribution in [2.75, 3.05) is 5.32 Å². The molecule has 0 fully saturated rings. The van der Waals surface area contributed by atoms with E-state index >= 15 is 0 Å². The van der Waals surface area contributed by atoms with Gasteiger partial charge in [0.15, 0.2) is 5.60 Å². The quantitative estimate of drug-likeness (QED) is 0.164. The van der Waals surface area contributed by atoms with Gasteiger partial charge in [0.05, 0.1) is 5.92 Å². The number of hydrogen-bond acceptors (Lipinski definition) is 4. The summed E-state index contributed by atoms with van der Waals surface area (Å²) in [6, 6.07) is 59.3. The molecule has 4 heteroatoms. The Morgan fingerprint density at radius 2 is 0.935 bits per heavy atom. The minimum absolute atomic E-state index is 0.363. The molecule has 6 aromatic carbocycles. The first-order valence-corrected chi connectivity index (χ1v) is 15.5.